The first-order valence-electron chi connectivity index (χ1n) is 11.0. The number of hydrogen-bond donors (Lipinski definition) is 1. The van der Waals surface area contributed by atoms with E-state index < -0.39 is 5.82 Å². The maximum absolute atomic E-state index is 13.2. The number of anilines is 1. The summed E-state index contributed by atoms with van der Waals surface area (Å²) >= 11 is 0. The normalized spacial score (nSPS) is 19.0. The summed E-state index contributed by atoms with van der Waals surface area (Å²) in [4.78, 5) is 28.8. The van der Waals surface area contributed by atoms with Gasteiger partial charge in [0.2, 0.25) is 5.91 Å². The molecule has 2 aromatic carbocycles. The van der Waals surface area contributed by atoms with E-state index in [1.165, 1.54) is 12.1 Å². The number of nitrogens with zero attached hydrogens (tertiary/aromatic N) is 2. The molecule has 0 bridgehead atoms. The van der Waals surface area contributed by atoms with Crippen LogP contribution in [-0.4, -0.2) is 73.7 Å². The highest BCUT2D eigenvalue weighted by Gasteiger charge is 2.23. The molecule has 0 radical (unpaired) electrons. The van der Waals surface area contributed by atoms with Crippen molar-refractivity contribution in [3.63, 3.8) is 0 Å². The lowest BCUT2D eigenvalue weighted by atomic mass is 10.1. The zero-order valence-corrected chi connectivity index (χ0v) is 18.0. The first-order valence-corrected chi connectivity index (χ1v) is 11.0. The molecule has 0 saturated carbocycles. The van der Waals surface area contributed by atoms with Gasteiger partial charge in [-0.2, -0.15) is 0 Å². The summed E-state index contributed by atoms with van der Waals surface area (Å²) in [6.45, 7) is 3.83. The van der Waals surface area contributed by atoms with Gasteiger partial charge in [0.25, 0.3) is 5.91 Å². The number of carbonyl (C=O) groups excluding carboxylic acids is 2. The lowest BCUT2D eigenvalue weighted by Gasteiger charge is -2.34. The summed E-state index contributed by atoms with van der Waals surface area (Å²) in [7, 11) is 0. The fourth-order valence-corrected chi connectivity index (χ4v) is 3.92. The van der Waals surface area contributed by atoms with Crippen molar-refractivity contribution in [1.82, 2.24) is 9.80 Å². The molecule has 2 aromatic rings. The third-order valence-corrected chi connectivity index (χ3v) is 5.70. The Morgan fingerprint density at radius 3 is 2.56 bits per heavy atom. The summed E-state index contributed by atoms with van der Waals surface area (Å²) in [6, 6.07) is 13.0. The van der Waals surface area contributed by atoms with Crippen LogP contribution in [0.5, 0.6) is 5.75 Å². The SMILES string of the molecule is O=C(CN1CCN(C(=O)c2ccc(OC[C@@H]3CCCO3)cc2)CC1)Nc1cccc(F)c1. The van der Waals surface area contributed by atoms with Gasteiger partial charge < -0.3 is 19.7 Å². The predicted molar refractivity (Wildman–Crippen MR) is 118 cm³/mol. The Hall–Kier alpha value is -2.97. The van der Waals surface area contributed by atoms with E-state index in [4.69, 9.17) is 9.47 Å². The number of amides is 2. The predicted octanol–water partition coefficient (Wildman–Crippen LogP) is 2.78. The Morgan fingerprint density at radius 2 is 1.88 bits per heavy atom. The lowest BCUT2D eigenvalue weighted by Crippen LogP contribution is -2.50. The fourth-order valence-electron chi connectivity index (χ4n) is 3.92. The molecule has 1 N–H and O–H groups in total. The van der Waals surface area contributed by atoms with Crippen LogP contribution in [-0.2, 0) is 9.53 Å². The van der Waals surface area contributed by atoms with Gasteiger partial charge in [0.1, 0.15) is 18.2 Å². The smallest absolute Gasteiger partial charge is 0.253 e. The van der Waals surface area contributed by atoms with Gasteiger partial charge in [0, 0.05) is 44.0 Å². The summed E-state index contributed by atoms with van der Waals surface area (Å²) in [6.07, 6.45) is 2.25. The van der Waals surface area contributed by atoms with E-state index >= 15 is 0 Å². The molecule has 0 unspecified atom stereocenters. The zero-order valence-electron chi connectivity index (χ0n) is 18.0. The number of rotatable bonds is 7. The second-order valence-corrected chi connectivity index (χ2v) is 8.10. The van der Waals surface area contributed by atoms with E-state index in [9.17, 15) is 14.0 Å². The summed E-state index contributed by atoms with van der Waals surface area (Å²) < 4.78 is 24.6. The molecule has 0 spiro atoms. The number of nitrogens with one attached hydrogen (secondary N) is 1. The van der Waals surface area contributed by atoms with Crippen LogP contribution < -0.4 is 10.1 Å². The Bertz CT molecular complexity index is 923. The van der Waals surface area contributed by atoms with Gasteiger partial charge in [-0.25, -0.2) is 4.39 Å². The largest absolute Gasteiger partial charge is 0.491 e. The van der Waals surface area contributed by atoms with E-state index in [0.29, 0.717) is 44.0 Å². The Kier molecular flexibility index (Phi) is 7.34. The van der Waals surface area contributed by atoms with Crippen molar-refractivity contribution in [2.75, 3.05) is 51.3 Å². The highest BCUT2D eigenvalue weighted by Crippen LogP contribution is 2.18. The molecule has 0 aliphatic carbocycles. The average Bonchev–Trinajstić information content (AvgIpc) is 3.32. The number of hydrogen-bond acceptors (Lipinski definition) is 5. The van der Waals surface area contributed by atoms with Crippen LogP contribution in [0, 0.1) is 5.82 Å². The maximum Gasteiger partial charge on any atom is 0.253 e. The molecule has 170 valence electrons. The van der Waals surface area contributed by atoms with Crippen LogP contribution in [0.15, 0.2) is 48.5 Å². The molecular weight excluding hydrogens is 413 g/mol. The minimum Gasteiger partial charge on any atom is -0.491 e. The van der Waals surface area contributed by atoms with Crippen LogP contribution in [0.1, 0.15) is 23.2 Å². The highest BCUT2D eigenvalue weighted by molar-refractivity contribution is 5.94. The summed E-state index contributed by atoms with van der Waals surface area (Å²) in [5.41, 5.74) is 1.05. The van der Waals surface area contributed by atoms with Gasteiger partial charge in [0.05, 0.1) is 12.6 Å². The molecule has 32 heavy (non-hydrogen) atoms. The number of piperazine rings is 1. The van der Waals surface area contributed by atoms with Gasteiger partial charge in [-0.05, 0) is 55.3 Å². The molecular formula is C24H28FN3O4. The molecule has 2 aliphatic rings. The third kappa shape index (κ3) is 6.05. The molecule has 2 saturated heterocycles. The van der Waals surface area contributed by atoms with Crippen LogP contribution in [0.2, 0.25) is 0 Å². The van der Waals surface area contributed by atoms with Gasteiger partial charge in [-0.3, -0.25) is 14.5 Å². The molecule has 2 aliphatic heterocycles. The second-order valence-electron chi connectivity index (χ2n) is 8.10. The Labute approximate surface area is 187 Å². The van der Waals surface area contributed by atoms with Crippen LogP contribution in [0.3, 0.4) is 0 Å². The van der Waals surface area contributed by atoms with Crippen molar-refractivity contribution in [1.29, 1.82) is 0 Å². The highest BCUT2D eigenvalue weighted by atomic mass is 19.1. The van der Waals surface area contributed by atoms with Crippen molar-refractivity contribution < 1.29 is 23.5 Å². The lowest BCUT2D eigenvalue weighted by molar-refractivity contribution is -0.117. The van der Waals surface area contributed by atoms with Gasteiger partial charge in [-0.15, -0.1) is 0 Å². The summed E-state index contributed by atoms with van der Waals surface area (Å²) in [5.74, 6) is 0.108. The Morgan fingerprint density at radius 1 is 1.09 bits per heavy atom. The molecule has 2 amide bonds. The fraction of sp³-hybridized carbons (Fsp3) is 0.417. The maximum atomic E-state index is 13.2. The number of ether oxygens (including phenoxy) is 2. The molecule has 8 heteroatoms. The van der Waals surface area contributed by atoms with Crippen molar-refractivity contribution >= 4 is 17.5 Å². The minimum atomic E-state index is -0.391. The third-order valence-electron chi connectivity index (χ3n) is 5.70. The summed E-state index contributed by atoms with van der Waals surface area (Å²) in [5, 5.41) is 2.70. The number of carbonyl (C=O) groups is 2. The van der Waals surface area contributed by atoms with Gasteiger partial charge in [-0.1, -0.05) is 6.07 Å². The minimum absolute atomic E-state index is 0.0282. The molecule has 0 aromatic heterocycles. The van der Waals surface area contributed by atoms with Crippen molar-refractivity contribution in [2.45, 2.75) is 18.9 Å². The topological polar surface area (TPSA) is 71.1 Å². The van der Waals surface area contributed by atoms with Crippen molar-refractivity contribution in [3.8, 4) is 5.75 Å². The van der Waals surface area contributed by atoms with E-state index in [2.05, 4.69) is 5.32 Å². The number of benzene rings is 2. The Balaban J connectivity index is 1.21. The quantitative estimate of drug-likeness (QED) is 0.716. The van der Waals surface area contributed by atoms with Gasteiger partial charge >= 0.3 is 0 Å². The second kappa shape index (κ2) is 10.6. The first-order chi connectivity index (χ1) is 15.6. The van der Waals surface area contributed by atoms with Gasteiger partial charge in [0.15, 0.2) is 0 Å². The first kappa shape index (κ1) is 22.2. The van der Waals surface area contributed by atoms with Crippen LogP contribution >= 0.6 is 0 Å². The molecule has 2 heterocycles. The number of halogens is 1. The molecule has 1 atom stereocenters. The van der Waals surface area contributed by atoms with Crippen molar-refractivity contribution in [2.24, 2.45) is 0 Å². The van der Waals surface area contributed by atoms with E-state index in [1.54, 1.807) is 29.2 Å². The average molecular weight is 442 g/mol. The van der Waals surface area contributed by atoms with Crippen LogP contribution in [0.4, 0.5) is 10.1 Å². The van der Waals surface area contributed by atoms with Crippen LogP contribution in [0.25, 0.3) is 0 Å². The monoisotopic (exact) mass is 441 g/mol. The molecule has 4 rings (SSSR count). The van der Waals surface area contributed by atoms with E-state index in [-0.39, 0.29) is 24.5 Å². The zero-order chi connectivity index (χ0) is 22.3. The van der Waals surface area contributed by atoms with E-state index in [0.717, 1.165) is 25.2 Å². The standard InChI is InChI=1S/C24H28FN3O4/c25-19-3-1-4-20(15-19)26-23(29)16-27-10-12-28(13-11-27)24(30)18-6-8-21(9-7-18)32-17-22-5-2-14-31-22/h1,3-4,6-9,15,22H,2,5,10-14,16-17H2,(H,26,29)/t22-/m0/s1. The van der Waals surface area contributed by atoms with Crippen molar-refractivity contribution in [3.05, 3.63) is 59.9 Å². The molecule has 7 nitrogen and oxygen atoms in total. The molecule has 2 fully saturated rings. The van der Waals surface area contributed by atoms with E-state index in [1.807, 2.05) is 17.0 Å².